The number of nitriles is 1. The molecule has 1 fully saturated rings. The molecular formula is C12H20N2O2. The third-order valence-corrected chi connectivity index (χ3v) is 2.93. The molecule has 0 radical (unpaired) electrons. The molecule has 1 rings (SSSR count). The van der Waals surface area contributed by atoms with Crippen LogP contribution in [0.2, 0.25) is 0 Å². The molecular weight excluding hydrogens is 204 g/mol. The molecule has 0 aromatic rings. The highest BCUT2D eigenvalue weighted by Crippen LogP contribution is 2.17. The lowest BCUT2D eigenvalue weighted by Crippen LogP contribution is -2.32. The third kappa shape index (κ3) is 4.19. The Morgan fingerprint density at radius 3 is 3.00 bits per heavy atom. The molecule has 16 heavy (non-hydrogen) atoms. The molecule has 0 aromatic carbocycles. The zero-order valence-corrected chi connectivity index (χ0v) is 9.95. The minimum absolute atomic E-state index is 0.147. The normalized spacial score (nSPS) is 19.4. The summed E-state index contributed by atoms with van der Waals surface area (Å²) < 4.78 is 5.47. The Kier molecular flexibility index (Phi) is 5.87. The van der Waals surface area contributed by atoms with Gasteiger partial charge in [0.2, 0.25) is 5.91 Å². The van der Waals surface area contributed by atoms with Gasteiger partial charge in [-0.05, 0) is 26.2 Å². The number of hydrogen-bond acceptors (Lipinski definition) is 3. The summed E-state index contributed by atoms with van der Waals surface area (Å²) in [6.07, 6.45) is 4.26. The first-order valence-corrected chi connectivity index (χ1v) is 6.04. The molecule has 0 aromatic heterocycles. The minimum atomic E-state index is 0.147. The second-order valence-electron chi connectivity index (χ2n) is 4.06. The van der Waals surface area contributed by atoms with E-state index < -0.39 is 0 Å². The van der Waals surface area contributed by atoms with Crippen molar-refractivity contribution in [3.05, 3.63) is 0 Å². The van der Waals surface area contributed by atoms with Crippen LogP contribution in [0.3, 0.4) is 0 Å². The number of hydrogen-bond donors (Lipinski definition) is 0. The molecule has 1 aliphatic heterocycles. The fourth-order valence-electron chi connectivity index (χ4n) is 1.96. The molecule has 1 amide bonds. The van der Waals surface area contributed by atoms with Gasteiger partial charge in [-0.15, -0.1) is 0 Å². The summed E-state index contributed by atoms with van der Waals surface area (Å²) in [4.78, 5) is 13.5. The summed E-state index contributed by atoms with van der Waals surface area (Å²) in [6, 6.07) is 2.07. The van der Waals surface area contributed by atoms with Crippen LogP contribution in [0.15, 0.2) is 0 Å². The van der Waals surface area contributed by atoms with Gasteiger partial charge in [-0.2, -0.15) is 5.26 Å². The van der Waals surface area contributed by atoms with Gasteiger partial charge < -0.3 is 9.64 Å². The molecule has 4 nitrogen and oxygen atoms in total. The Hall–Kier alpha value is -1.08. The molecule has 1 atom stereocenters. The average Bonchev–Trinajstić information content (AvgIpc) is 2.80. The van der Waals surface area contributed by atoms with E-state index >= 15 is 0 Å². The minimum Gasteiger partial charge on any atom is -0.378 e. The third-order valence-electron chi connectivity index (χ3n) is 2.93. The molecule has 1 heterocycles. The van der Waals surface area contributed by atoms with Crippen molar-refractivity contribution in [2.45, 2.75) is 45.1 Å². The molecule has 1 aliphatic rings. The first-order valence-electron chi connectivity index (χ1n) is 6.04. The molecule has 1 saturated heterocycles. The summed E-state index contributed by atoms with van der Waals surface area (Å²) in [5.74, 6) is 0.147. The second kappa shape index (κ2) is 7.24. The number of ether oxygens (including phenoxy) is 1. The van der Waals surface area contributed by atoms with Crippen LogP contribution in [0.25, 0.3) is 0 Å². The molecule has 0 N–H and O–H groups in total. The van der Waals surface area contributed by atoms with Crippen LogP contribution in [-0.4, -0.2) is 36.6 Å². The van der Waals surface area contributed by atoms with E-state index in [4.69, 9.17) is 10.00 Å². The van der Waals surface area contributed by atoms with Gasteiger partial charge in [0.15, 0.2) is 0 Å². The van der Waals surface area contributed by atoms with Crippen LogP contribution >= 0.6 is 0 Å². The topological polar surface area (TPSA) is 53.3 Å². The highest BCUT2D eigenvalue weighted by molar-refractivity contribution is 5.76. The number of carbonyl (C=O) groups is 1. The van der Waals surface area contributed by atoms with Crippen molar-refractivity contribution < 1.29 is 9.53 Å². The van der Waals surface area contributed by atoms with E-state index in [1.54, 1.807) is 4.90 Å². The first-order chi connectivity index (χ1) is 7.77. The van der Waals surface area contributed by atoms with Crippen LogP contribution in [0.4, 0.5) is 0 Å². The van der Waals surface area contributed by atoms with Crippen molar-refractivity contribution in [2.75, 3.05) is 19.7 Å². The first kappa shape index (κ1) is 13.0. The van der Waals surface area contributed by atoms with Crippen molar-refractivity contribution in [3.63, 3.8) is 0 Å². The van der Waals surface area contributed by atoms with Crippen LogP contribution in [-0.2, 0) is 9.53 Å². The quantitative estimate of drug-likeness (QED) is 0.690. The summed E-state index contributed by atoms with van der Waals surface area (Å²) >= 11 is 0. The Balaban J connectivity index is 2.23. The fourth-order valence-corrected chi connectivity index (χ4v) is 1.96. The number of rotatable bonds is 6. The largest absolute Gasteiger partial charge is 0.378 e. The molecule has 4 heteroatoms. The fraction of sp³-hybridized carbons (Fsp3) is 0.833. The SMILES string of the molecule is CCN(CCC#N)C(=O)CCC1CCCO1. The van der Waals surface area contributed by atoms with Gasteiger partial charge in [-0.25, -0.2) is 0 Å². The van der Waals surface area contributed by atoms with Gasteiger partial charge >= 0.3 is 0 Å². The molecule has 1 unspecified atom stereocenters. The Labute approximate surface area is 97.2 Å². The van der Waals surface area contributed by atoms with Crippen molar-refractivity contribution >= 4 is 5.91 Å². The second-order valence-corrected chi connectivity index (χ2v) is 4.06. The Morgan fingerprint density at radius 2 is 2.44 bits per heavy atom. The van der Waals surface area contributed by atoms with Crippen molar-refractivity contribution in [1.82, 2.24) is 4.90 Å². The number of nitrogens with zero attached hydrogens (tertiary/aromatic N) is 2. The van der Waals surface area contributed by atoms with E-state index in [0.717, 1.165) is 25.9 Å². The molecule has 0 spiro atoms. The molecule has 0 aliphatic carbocycles. The molecule has 0 saturated carbocycles. The maximum Gasteiger partial charge on any atom is 0.222 e. The molecule has 0 bridgehead atoms. The van der Waals surface area contributed by atoms with Gasteiger partial charge in [0, 0.05) is 26.1 Å². The van der Waals surface area contributed by atoms with Gasteiger partial charge in [0.1, 0.15) is 0 Å². The Bertz CT molecular complexity index is 254. The van der Waals surface area contributed by atoms with E-state index in [0.29, 0.717) is 25.9 Å². The van der Waals surface area contributed by atoms with Crippen LogP contribution in [0.1, 0.15) is 39.0 Å². The average molecular weight is 224 g/mol. The standard InChI is InChI=1S/C12H20N2O2/c1-2-14(9-4-8-13)12(15)7-6-11-5-3-10-16-11/h11H,2-7,9-10H2,1H3. The van der Waals surface area contributed by atoms with Gasteiger partial charge in [-0.1, -0.05) is 0 Å². The van der Waals surface area contributed by atoms with E-state index in [9.17, 15) is 4.79 Å². The Morgan fingerprint density at radius 1 is 1.62 bits per heavy atom. The lowest BCUT2D eigenvalue weighted by atomic mass is 10.1. The highest BCUT2D eigenvalue weighted by Gasteiger charge is 2.18. The van der Waals surface area contributed by atoms with Crippen molar-refractivity contribution in [3.8, 4) is 6.07 Å². The number of carbonyl (C=O) groups excluding carboxylic acids is 1. The zero-order chi connectivity index (χ0) is 11.8. The maximum atomic E-state index is 11.8. The van der Waals surface area contributed by atoms with Gasteiger partial charge in [0.25, 0.3) is 0 Å². The predicted molar refractivity (Wildman–Crippen MR) is 60.7 cm³/mol. The number of amides is 1. The predicted octanol–water partition coefficient (Wildman–Crippen LogP) is 1.71. The van der Waals surface area contributed by atoms with Crippen LogP contribution in [0.5, 0.6) is 0 Å². The summed E-state index contributed by atoms with van der Waals surface area (Å²) in [6.45, 7) is 4.02. The van der Waals surface area contributed by atoms with Crippen molar-refractivity contribution in [1.29, 1.82) is 5.26 Å². The van der Waals surface area contributed by atoms with Crippen LogP contribution in [0, 0.1) is 11.3 Å². The van der Waals surface area contributed by atoms with Crippen molar-refractivity contribution in [2.24, 2.45) is 0 Å². The summed E-state index contributed by atoms with van der Waals surface area (Å²) in [5.41, 5.74) is 0. The monoisotopic (exact) mass is 224 g/mol. The smallest absolute Gasteiger partial charge is 0.222 e. The lowest BCUT2D eigenvalue weighted by molar-refractivity contribution is -0.131. The molecule has 90 valence electrons. The van der Waals surface area contributed by atoms with E-state index in [1.165, 1.54) is 0 Å². The van der Waals surface area contributed by atoms with E-state index in [-0.39, 0.29) is 12.0 Å². The lowest BCUT2D eigenvalue weighted by Gasteiger charge is -2.20. The summed E-state index contributed by atoms with van der Waals surface area (Å²) in [7, 11) is 0. The van der Waals surface area contributed by atoms with E-state index in [2.05, 4.69) is 6.07 Å². The summed E-state index contributed by atoms with van der Waals surface area (Å²) in [5, 5.41) is 8.49. The zero-order valence-electron chi connectivity index (χ0n) is 9.95. The highest BCUT2D eigenvalue weighted by atomic mass is 16.5. The van der Waals surface area contributed by atoms with Gasteiger partial charge in [0.05, 0.1) is 18.6 Å². The van der Waals surface area contributed by atoms with Gasteiger partial charge in [-0.3, -0.25) is 4.79 Å². The van der Waals surface area contributed by atoms with Crippen LogP contribution < -0.4 is 0 Å². The maximum absolute atomic E-state index is 11.8. The van der Waals surface area contributed by atoms with E-state index in [1.807, 2.05) is 6.92 Å².